The Balaban J connectivity index is 2.98. The zero-order valence-corrected chi connectivity index (χ0v) is 8.58. The molecule has 0 unspecified atom stereocenters. The van der Waals surface area contributed by atoms with Crippen LogP contribution in [-0.2, 0) is 19.1 Å². The third-order valence-corrected chi connectivity index (χ3v) is 1.75. The summed E-state index contributed by atoms with van der Waals surface area (Å²) in [5.74, 6) is -0.149. The van der Waals surface area contributed by atoms with Gasteiger partial charge in [-0.2, -0.15) is 0 Å². The van der Waals surface area contributed by atoms with Crippen LogP contribution in [-0.4, -0.2) is 25.7 Å². The standard InChI is InChI=1S/C10H17O4/c1-2-10(12)14-8-6-4-3-5-7-13-9-11/h2-8H2,1H3. The highest BCUT2D eigenvalue weighted by molar-refractivity contribution is 5.68. The van der Waals surface area contributed by atoms with Gasteiger partial charge in [-0.05, 0) is 25.7 Å². The molecule has 0 aliphatic rings. The van der Waals surface area contributed by atoms with Crippen LogP contribution >= 0.6 is 0 Å². The minimum atomic E-state index is -0.149. The van der Waals surface area contributed by atoms with Crippen LogP contribution in [0.5, 0.6) is 0 Å². The van der Waals surface area contributed by atoms with E-state index in [9.17, 15) is 9.59 Å². The van der Waals surface area contributed by atoms with Crippen molar-refractivity contribution in [2.45, 2.75) is 39.0 Å². The van der Waals surface area contributed by atoms with Crippen molar-refractivity contribution in [2.24, 2.45) is 0 Å². The van der Waals surface area contributed by atoms with E-state index in [0.29, 0.717) is 19.6 Å². The van der Waals surface area contributed by atoms with Crippen molar-refractivity contribution in [3.63, 3.8) is 0 Å². The van der Waals surface area contributed by atoms with Gasteiger partial charge in [0.05, 0.1) is 13.2 Å². The van der Waals surface area contributed by atoms with Gasteiger partial charge in [0.25, 0.3) is 0 Å². The number of ether oxygens (including phenoxy) is 2. The Morgan fingerprint density at radius 3 is 2.36 bits per heavy atom. The Labute approximate surface area is 84.6 Å². The lowest BCUT2D eigenvalue weighted by Gasteiger charge is -2.02. The van der Waals surface area contributed by atoms with Crippen molar-refractivity contribution < 1.29 is 19.1 Å². The molecule has 0 aromatic rings. The number of hydrogen-bond acceptors (Lipinski definition) is 4. The van der Waals surface area contributed by atoms with Gasteiger partial charge in [0, 0.05) is 6.42 Å². The fourth-order valence-electron chi connectivity index (χ4n) is 0.960. The molecule has 4 heteroatoms. The lowest BCUT2D eigenvalue weighted by molar-refractivity contribution is -0.143. The maximum absolute atomic E-state index is 10.7. The molecule has 0 bridgehead atoms. The molecule has 0 amide bonds. The smallest absolute Gasteiger partial charge is 0.417 e. The van der Waals surface area contributed by atoms with Gasteiger partial charge in [0.2, 0.25) is 0 Å². The molecule has 0 aromatic heterocycles. The number of hydrogen-bond donors (Lipinski definition) is 0. The van der Waals surface area contributed by atoms with Crippen LogP contribution in [0.2, 0.25) is 0 Å². The van der Waals surface area contributed by atoms with E-state index in [1.807, 2.05) is 0 Å². The van der Waals surface area contributed by atoms with Crippen molar-refractivity contribution in [3.8, 4) is 0 Å². The first-order chi connectivity index (χ1) is 6.81. The molecule has 0 aliphatic carbocycles. The summed E-state index contributed by atoms with van der Waals surface area (Å²) < 4.78 is 9.29. The first kappa shape index (κ1) is 12.9. The van der Waals surface area contributed by atoms with Crippen LogP contribution in [0.15, 0.2) is 0 Å². The topological polar surface area (TPSA) is 52.6 Å². The lowest BCUT2D eigenvalue weighted by Crippen LogP contribution is -2.03. The van der Waals surface area contributed by atoms with Crippen molar-refractivity contribution in [2.75, 3.05) is 13.2 Å². The highest BCUT2D eigenvalue weighted by Gasteiger charge is 1.97. The van der Waals surface area contributed by atoms with Crippen LogP contribution in [0, 0.1) is 0 Å². The summed E-state index contributed by atoms with van der Waals surface area (Å²) in [6.07, 6.45) is 4.11. The highest BCUT2D eigenvalue weighted by Crippen LogP contribution is 2.00. The average Bonchev–Trinajstić information content (AvgIpc) is 2.21. The number of rotatable bonds is 9. The summed E-state index contributed by atoms with van der Waals surface area (Å²) in [5.41, 5.74) is 0. The Morgan fingerprint density at radius 2 is 1.79 bits per heavy atom. The zero-order chi connectivity index (χ0) is 10.6. The van der Waals surface area contributed by atoms with Crippen LogP contribution in [0.1, 0.15) is 39.0 Å². The van der Waals surface area contributed by atoms with Crippen LogP contribution < -0.4 is 0 Å². The monoisotopic (exact) mass is 201 g/mol. The second kappa shape index (κ2) is 10.0. The average molecular weight is 201 g/mol. The largest absolute Gasteiger partial charge is 0.466 e. The molecule has 0 saturated carbocycles. The fraction of sp³-hybridized carbons (Fsp3) is 0.800. The van der Waals surface area contributed by atoms with Gasteiger partial charge < -0.3 is 9.47 Å². The second-order valence-corrected chi connectivity index (χ2v) is 2.92. The van der Waals surface area contributed by atoms with E-state index >= 15 is 0 Å². The number of carbonyl (C=O) groups is 1. The quantitative estimate of drug-likeness (QED) is 0.420. The molecule has 1 radical (unpaired) electrons. The molecular formula is C10H17O4. The van der Waals surface area contributed by atoms with E-state index < -0.39 is 0 Å². The first-order valence-electron chi connectivity index (χ1n) is 4.95. The third-order valence-electron chi connectivity index (χ3n) is 1.75. The van der Waals surface area contributed by atoms with Crippen molar-refractivity contribution >= 4 is 12.4 Å². The van der Waals surface area contributed by atoms with Gasteiger partial charge in [-0.1, -0.05) is 6.92 Å². The summed E-state index contributed by atoms with van der Waals surface area (Å²) >= 11 is 0. The lowest BCUT2D eigenvalue weighted by atomic mass is 10.2. The van der Waals surface area contributed by atoms with Crippen molar-refractivity contribution in [1.29, 1.82) is 0 Å². The second-order valence-electron chi connectivity index (χ2n) is 2.92. The molecule has 0 spiro atoms. The summed E-state index contributed by atoms with van der Waals surface area (Å²) in [5, 5.41) is 0. The Morgan fingerprint density at radius 1 is 1.14 bits per heavy atom. The van der Waals surface area contributed by atoms with Gasteiger partial charge >= 0.3 is 12.4 Å². The van der Waals surface area contributed by atoms with Crippen LogP contribution in [0.4, 0.5) is 0 Å². The Bertz CT molecular complexity index is 156. The first-order valence-corrected chi connectivity index (χ1v) is 4.95. The normalized spacial score (nSPS) is 9.50. The zero-order valence-electron chi connectivity index (χ0n) is 8.58. The molecule has 0 aliphatic heterocycles. The van der Waals surface area contributed by atoms with Gasteiger partial charge in [-0.15, -0.1) is 0 Å². The predicted molar refractivity (Wildman–Crippen MR) is 51.4 cm³/mol. The van der Waals surface area contributed by atoms with E-state index in [1.165, 1.54) is 6.47 Å². The molecule has 0 rings (SSSR count). The van der Waals surface area contributed by atoms with Crippen molar-refractivity contribution in [1.82, 2.24) is 0 Å². The van der Waals surface area contributed by atoms with Crippen LogP contribution in [0.3, 0.4) is 0 Å². The van der Waals surface area contributed by atoms with Crippen LogP contribution in [0.25, 0.3) is 0 Å². The van der Waals surface area contributed by atoms with Crippen molar-refractivity contribution in [3.05, 3.63) is 0 Å². The van der Waals surface area contributed by atoms with E-state index in [4.69, 9.17) is 4.74 Å². The number of unbranched alkanes of at least 4 members (excludes halogenated alkanes) is 3. The molecule has 81 valence electrons. The third kappa shape index (κ3) is 9.03. The van der Waals surface area contributed by atoms with E-state index in [0.717, 1.165) is 25.7 Å². The molecule has 0 heterocycles. The van der Waals surface area contributed by atoms with Gasteiger partial charge in [-0.25, -0.2) is 4.79 Å². The van der Waals surface area contributed by atoms with Gasteiger partial charge in [0.1, 0.15) is 0 Å². The minimum absolute atomic E-state index is 0.149. The SMILES string of the molecule is CCC(=O)OCCCCCCO[C]=O. The summed E-state index contributed by atoms with van der Waals surface area (Å²) in [6, 6.07) is 0. The highest BCUT2D eigenvalue weighted by atomic mass is 16.5. The van der Waals surface area contributed by atoms with E-state index in [2.05, 4.69) is 4.74 Å². The minimum Gasteiger partial charge on any atom is -0.466 e. The molecule has 0 N–H and O–H groups in total. The molecular weight excluding hydrogens is 184 g/mol. The maximum atomic E-state index is 10.7. The van der Waals surface area contributed by atoms with Gasteiger partial charge in [-0.3, -0.25) is 4.79 Å². The number of esters is 1. The predicted octanol–water partition coefficient (Wildman–Crippen LogP) is 1.58. The summed E-state index contributed by atoms with van der Waals surface area (Å²) in [4.78, 5) is 20.3. The molecule has 0 aromatic carbocycles. The Kier molecular flexibility index (Phi) is 9.26. The maximum Gasteiger partial charge on any atom is 0.417 e. The molecule has 0 atom stereocenters. The summed E-state index contributed by atoms with van der Waals surface area (Å²) in [6.45, 7) is 4.07. The molecule has 4 nitrogen and oxygen atoms in total. The summed E-state index contributed by atoms with van der Waals surface area (Å²) in [7, 11) is 0. The Hall–Kier alpha value is -1.06. The molecule has 14 heavy (non-hydrogen) atoms. The van der Waals surface area contributed by atoms with Gasteiger partial charge in [0.15, 0.2) is 0 Å². The van der Waals surface area contributed by atoms with E-state index in [1.54, 1.807) is 6.92 Å². The molecule has 0 fully saturated rings. The fourth-order valence-corrected chi connectivity index (χ4v) is 0.960. The molecule has 0 saturated heterocycles. The number of carbonyl (C=O) groups excluding carboxylic acids is 2. The van der Waals surface area contributed by atoms with E-state index in [-0.39, 0.29) is 5.97 Å².